The molecule has 1 aliphatic heterocycles. The third kappa shape index (κ3) is 7.52. The SMILES string of the molecule is C[C@@H]1[C@H](CN(C)[C@H](C)c2ccc3ccccc3c2)O[C@H](c2ccc(CNC(=O)c3c(F)c(F)c(F)c(F)c3F)cc2)O[C@@H]1c1ccc(CO)cc1. The van der Waals surface area contributed by atoms with Crippen LogP contribution in [0.25, 0.3) is 10.8 Å². The van der Waals surface area contributed by atoms with Gasteiger partial charge in [-0.2, -0.15) is 0 Å². The molecule has 1 amide bonds. The van der Waals surface area contributed by atoms with Crippen molar-refractivity contribution in [3.8, 4) is 0 Å². The number of halogens is 5. The lowest BCUT2D eigenvalue weighted by Crippen LogP contribution is -2.44. The Morgan fingerprint density at radius 2 is 1.37 bits per heavy atom. The normalized spacial score (nSPS) is 19.7. The van der Waals surface area contributed by atoms with E-state index in [1.54, 1.807) is 24.3 Å². The zero-order valence-corrected chi connectivity index (χ0v) is 28.2. The highest BCUT2D eigenvalue weighted by atomic mass is 19.2. The minimum Gasteiger partial charge on any atom is -0.392 e. The summed E-state index contributed by atoms with van der Waals surface area (Å²) in [6, 6.07) is 29.1. The Hall–Kier alpha value is -4.68. The van der Waals surface area contributed by atoms with Gasteiger partial charge in [0, 0.05) is 30.6 Å². The molecule has 5 atom stereocenters. The third-order valence-corrected chi connectivity index (χ3v) is 9.65. The van der Waals surface area contributed by atoms with Crippen LogP contribution in [-0.4, -0.2) is 35.6 Å². The molecule has 5 aromatic carbocycles. The maximum atomic E-state index is 14.1. The van der Waals surface area contributed by atoms with Crippen molar-refractivity contribution in [2.24, 2.45) is 5.92 Å². The number of rotatable bonds is 10. The standard InChI is InChI=1S/C40H37F5N2O4/c1-22-31(20-47(3)23(2)29-17-16-26-6-4-5-7-30(26)18-29)50-40(51-38(22)27-12-10-25(21-48)11-13-27)28-14-8-24(9-15-28)19-46-39(49)32-33(41)35(43)37(45)36(44)34(32)42/h4-18,22-23,31,38,40,48H,19-21H2,1-3H3,(H,46,49)/t22-,23-,31+,38+,40+/m1/s1. The molecular formula is C40H37F5N2O4. The maximum absolute atomic E-state index is 14.1. The molecule has 11 heteroatoms. The maximum Gasteiger partial charge on any atom is 0.257 e. The van der Waals surface area contributed by atoms with Gasteiger partial charge in [-0.05, 0) is 53.1 Å². The Morgan fingerprint density at radius 3 is 2.02 bits per heavy atom. The minimum absolute atomic E-state index is 0.0658. The molecule has 0 aromatic heterocycles. The van der Waals surface area contributed by atoms with E-state index in [0.29, 0.717) is 17.7 Å². The number of carbonyl (C=O) groups excluding carboxylic acids is 1. The van der Waals surface area contributed by atoms with Crippen molar-refractivity contribution in [3.63, 3.8) is 0 Å². The fraction of sp³-hybridized carbons (Fsp3) is 0.275. The number of likely N-dealkylation sites (N-methyl/N-ethyl adjacent to an activating group) is 1. The lowest BCUT2D eigenvalue weighted by atomic mass is 9.89. The number of nitrogens with one attached hydrogen (secondary N) is 1. The third-order valence-electron chi connectivity index (χ3n) is 9.65. The molecule has 0 aliphatic carbocycles. The van der Waals surface area contributed by atoms with Crippen LogP contribution < -0.4 is 5.32 Å². The summed E-state index contributed by atoms with van der Waals surface area (Å²) in [6.07, 6.45) is -1.40. The number of aliphatic hydroxyl groups excluding tert-OH is 1. The summed E-state index contributed by atoms with van der Waals surface area (Å²) in [5.74, 6) is -12.6. The van der Waals surface area contributed by atoms with Gasteiger partial charge in [-0.15, -0.1) is 0 Å². The average molecular weight is 705 g/mol. The van der Waals surface area contributed by atoms with Crippen molar-refractivity contribution in [3.05, 3.63) is 153 Å². The van der Waals surface area contributed by atoms with Crippen LogP contribution in [0.3, 0.4) is 0 Å². The predicted molar refractivity (Wildman–Crippen MR) is 182 cm³/mol. The van der Waals surface area contributed by atoms with Crippen LogP contribution in [0.5, 0.6) is 0 Å². The molecule has 6 rings (SSSR count). The number of aliphatic hydroxyl groups is 1. The lowest BCUT2D eigenvalue weighted by Gasteiger charge is -2.43. The molecular weight excluding hydrogens is 667 g/mol. The van der Waals surface area contributed by atoms with Gasteiger partial charge in [-0.25, -0.2) is 22.0 Å². The molecule has 0 unspecified atom stereocenters. The Balaban J connectivity index is 1.19. The zero-order valence-electron chi connectivity index (χ0n) is 28.2. The Morgan fingerprint density at radius 1 is 0.784 bits per heavy atom. The van der Waals surface area contributed by atoms with Crippen LogP contribution in [0.1, 0.15) is 70.5 Å². The number of hydrogen-bond donors (Lipinski definition) is 2. The van der Waals surface area contributed by atoms with E-state index in [2.05, 4.69) is 61.4 Å². The quantitative estimate of drug-likeness (QED) is 0.0868. The Kier molecular flexibility index (Phi) is 10.8. The first-order chi connectivity index (χ1) is 24.5. The van der Waals surface area contributed by atoms with Gasteiger partial charge < -0.3 is 19.9 Å². The molecule has 51 heavy (non-hydrogen) atoms. The van der Waals surface area contributed by atoms with Crippen LogP contribution in [0, 0.1) is 35.0 Å². The fourth-order valence-corrected chi connectivity index (χ4v) is 6.36. The largest absolute Gasteiger partial charge is 0.392 e. The molecule has 266 valence electrons. The van der Waals surface area contributed by atoms with E-state index in [1.165, 1.54) is 10.9 Å². The van der Waals surface area contributed by atoms with Crippen molar-refractivity contribution >= 4 is 16.7 Å². The molecule has 6 nitrogen and oxygen atoms in total. The summed E-state index contributed by atoms with van der Waals surface area (Å²) < 4.78 is 82.1. The van der Waals surface area contributed by atoms with Crippen LogP contribution in [0.4, 0.5) is 22.0 Å². The van der Waals surface area contributed by atoms with Crippen molar-refractivity contribution in [2.45, 2.75) is 51.5 Å². The number of ether oxygens (including phenoxy) is 2. The Labute approximate surface area is 292 Å². The second-order valence-electron chi connectivity index (χ2n) is 12.9. The summed E-state index contributed by atoms with van der Waals surface area (Å²) in [7, 11) is 2.06. The van der Waals surface area contributed by atoms with E-state index in [-0.39, 0.29) is 37.3 Å². The highest BCUT2D eigenvalue weighted by Crippen LogP contribution is 2.42. The minimum atomic E-state index is -2.34. The van der Waals surface area contributed by atoms with Crippen molar-refractivity contribution in [1.82, 2.24) is 10.2 Å². The molecule has 5 aromatic rings. The molecule has 2 N–H and O–H groups in total. The Bertz CT molecular complexity index is 2000. The zero-order chi connectivity index (χ0) is 36.4. The fourth-order valence-electron chi connectivity index (χ4n) is 6.36. The summed E-state index contributed by atoms with van der Waals surface area (Å²) in [5.41, 5.74) is 2.49. The van der Waals surface area contributed by atoms with E-state index in [0.717, 1.165) is 16.5 Å². The number of amides is 1. The van der Waals surface area contributed by atoms with E-state index >= 15 is 0 Å². The highest BCUT2D eigenvalue weighted by molar-refractivity contribution is 5.94. The average Bonchev–Trinajstić information content (AvgIpc) is 3.16. The monoisotopic (exact) mass is 704 g/mol. The molecule has 0 bridgehead atoms. The summed E-state index contributed by atoms with van der Waals surface area (Å²) in [6.45, 7) is 4.49. The van der Waals surface area contributed by atoms with E-state index < -0.39 is 46.8 Å². The first kappa shape index (κ1) is 36.1. The topological polar surface area (TPSA) is 71.0 Å². The van der Waals surface area contributed by atoms with Crippen LogP contribution >= 0.6 is 0 Å². The van der Waals surface area contributed by atoms with Gasteiger partial charge in [-0.3, -0.25) is 9.69 Å². The van der Waals surface area contributed by atoms with E-state index in [9.17, 15) is 31.9 Å². The van der Waals surface area contributed by atoms with Gasteiger partial charge in [0.25, 0.3) is 5.91 Å². The smallest absolute Gasteiger partial charge is 0.257 e. The number of fused-ring (bicyclic) bond motifs is 1. The van der Waals surface area contributed by atoms with Gasteiger partial charge in [0.15, 0.2) is 29.6 Å². The van der Waals surface area contributed by atoms with E-state index in [1.807, 2.05) is 36.4 Å². The lowest BCUT2D eigenvalue weighted by molar-refractivity contribution is -0.276. The van der Waals surface area contributed by atoms with Gasteiger partial charge in [0.1, 0.15) is 5.56 Å². The first-order valence-corrected chi connectivity index (χ1v) is 16.5. The van der Waals surface area contributed by atoms with Gasteiger partial charge in [0.2, 0.25) is 5.82 Å². The van der Waals surface area contributed by atoms with E-state index in [4.69, 9.17) is 9.47 Å². The summed E-state index contributed by atoms with van der Waals surface area (Å²) >= 11 is 0. The summed E-state index contributed by atoms with van der Waals surface area (Å²) in [4.78, 5) is 14.7. The van der Waals surface area contributed by atoms with Crippen molar-refractivity contribution < 1.29 is 41.3 Å². The molecule has 1 heterocycles. The first-order valence-electron chi connectivity index (χ1n) is 16.5. The van der Waals surface area contributed by atoms with Crippen molar-refractivity contribution in [2.75, 3.05) is 13.6 Å². The number of carbonyl (C=O) groups is 1. The predicted octanol–water partition coefficient (Wildman–Crippen LogP) is 8.44. The van der Waals surface area contributed by atoms with Crippen LogP contribution in [-0.2, 0) is 22.6 Å². The van der Waals surface area contributed by atoms with Gasteiger partial charge >= 0.3 is 0 Å². The van der Waals surface area contributed by atoms with Crippen molar-refractivity contribution in [1.29, 1.82) is 0 Å². The van der Waals surface area contributed by atoms with Crippen LogP contribution in [0.2, 0.25) is 0 Å². The van der Waals surface area contributed by atoms with Crippen LogP contribution in [0.15, 0.2) is 91.0 Å². The summed E-state index contributed by atoms with van der Waals surface area (Å²) in [5, 5.41) is 14.1. The molecule has 1 saturated heterocycles. The molecule has 1 aliphatic rings. The number of hydrogen-bond acceptors (Lipinski definition) is 5. The molecule has 0 radical (unpaired) electrons. The van der Waals surface area contributed by atoms with Gasteiger partial charge in [0.05, 0.1) is 18.8 Å². The molecule has 0 spiro atoms. The molecule has 0 saturated carbocycles. The number of benzene rings is 5. The molecule has 1 fully saturated rings. The van der Waals surface area contributed by atoms with Gasteiger partial charge in [-0.1, -0.05) is 91.9 Å². The number of nitrogens with zero attached hydrogens (tertiary/aromatic N) is 1. The second-order valence-corrected chi connectivity index (χ2v) is 12.9. The second kappa shape index (κ2) is 15.3. The highest BCUT2D eigenvalue weighted by Gasteiger charge is 2.39.